The highest BCUT2D eigenvalue weighted by molar-refractivity contribution is 5.89. The molecule has 0 aliphatic rings. The molecule has 0 spiro atoms. The molecule has 0 N–H and O–H groups in total. The molecule has 0 saturated heterocycles. The van der Waals surface area contributed by atoms with E-state index in [1.54, 1.807) is 31.2 Å². The topological polar surface area (TPSA) is 52.6 Å². The molecular weight excluding hydrogens is 323 g/mol. The van der Waals surface area contributed by atoms with Crippen molar-refractivity contribution < 1.29 is 23.5 Å². The van der Waals surface area contributed by atoms with E-state index in [1.807, 2.05) is 0 Å². The largest absolute Gasteiger partial charge is 0.423 e. The summed E-state index contributed by atoms with van der Waals surface area (Å²) in [5.74, 6) is -1.25. The van der Waals surface area contributed by atoms with E-state index in [1.165, 1.54) is 19.1 Å². The number of esters is 2. The number of ether oxygens (including phenoxy) is 2. The van der Waals surface area contributed by atoms with E-state index in [9.17, 15) is 14.0 Å². The molecule has 0 saturated carbocycles. The molecule has 0 atom stereocenters. The molecule has 2 rings (SSSR count). The minimum Gasteiger partial charge on any atom is -0.423 e. The van der Waals surface area contributed by atoms with E-state index in [0.29, 0.717) is 16.9 Å². The SMILES string of the molecule is C=C(C)C(=O)Oc1ccc(-c2ccc(OC(=O)C(=C)C)cc2F)cc1. The van der Waals surface area contributed by atoms with Crippen molar-refractivity contribution in [3.05, 3.63) is 72.6 Å². The standard InChI is InChI=1S/C20H17FO4/c1-12(2)19(22)24-15-7-5-14(6-8-15)17-10-9-16(11-18(17)21)25-20(23)13(3)4/h5-11H,1,3H2,2,4H3. The van der Waals surface area contributed by atoms with Gasteiger partial charge in [-0.2, -0.15) is 0 Å². The van der Waals surface area contributed by atoms with E-state index in [2.05, 4.69) is 13.2 Å². The molecule has 0 aromatic heterocycles. The van der Waals surface area contributed by atoms with Gasteiger partial charge in [-0.25, -0.2) is 14.0 Å². The molecule has 25 heavy (non-hydrogen) atoms. The molecule has 4 nitrogen and oxygen atoms in total. The lowest BCUT2D eigenvalue weighted by Crippen LogP contribution is -2.08. The third-order valence-electron chi connectivity index (χ3n) is 3.22. The number of carbonyl (C=O) groups excluding carboxylic acids is 2. The highest BCUT2D eigenvalue weighted by Gasteiger charge is 2.11. The van der Waals surface area contributed by atoms with Gasteiger partial charge in [-0.05, 0) is 43.7 Å². The summed E-state index contributed by atoms with van der Waals surface area (Å²) < 4.78 is 24.4. The van der Waals surface area contributed by atoms with Gasteiger partial charge in [0.05, 0.1) is 0 Å². The Kier molecular flexibility index (Phi) is 5.49. The maximum Gasteiger partial charge on any atom is 0.338 e. The molecule has 2 aromatic carbocycles. The molecule has 0 heterocycles. The Hall–Kier alpha value is -3.21. The van der Waals surface area contributed by atoms with Gasteiger partial charge in [0.2, 0.25) is 0 Å². The van der Waals surface area contributed by atoms with E-state index in [-0.39, 0.29) is 16.9 Å². The summed E-state index contributed by atoms with van der Waals surface area (Å²) in [4.78, 5) is 22.9. The van der Waals surface area contributed by atoms with Gasteiger partial charge in [-0.15, -0.1) is 0 Å². The van der Waals surface area contributed by atoms with Crippen molar-refractivity contribution in [2.24, 2.45) is 0 Å². The Morgan fingerprint density at radius 2 is 1.32 bits per heavy atom. The minimum absolute atomic E-state index is 0.0984. The van der Waals surface area contributed by atoms with Crippen molar-refractivity contribution in [3.8, 4) is 22.6 Å². The summed E-state index contributed by atoms with van der Waals surface area (Å²) in [5, 5.41) is 0. The lowest BCUT2D eigenvalue weighted by atomic mass is 10.0. The van der Waals surface area contributed by atoms with Crippen LogP contribution in [0.2, 0.25) is 0 Å². The van der Waals surface area contributed by atoms with Gasteiger partial charge in [0.1, 0.15) is 17.3 Å². The first-order valence-corrected chi connectivity index (χ1v) is 7.43. The van der Waals surface area contributed by atoms with E-state index < -0.39 is 17.8 Å². The number of rotatable bonds is 5. The zero-order valence-electron chi connectivity index (χ0n) is 14.0. The zero-order valence-corrected chi connectivity index (χ0v) is 14.0. The van der Waals surface area contributed by atoms with Crippen LogP contribution in [0.25, 0.3) is 11.1 Å². The average Bonchev–Trinajstić information content (AvgIpc) is 2.55. The van der Waals surface area contributed by atoms with Crippen LogP contribution in [0.4, 0.5) is 4.39 Å². The summed E-state index contributed by atoms with van der Waals surface area (Å²) in [6, 6.07) is 10.5. The van der Waals surface area contributed by atoms with Crippen LogP contribution in [-0.2, 0) is 9.59 Å². The smallest absolute Gasteiger partial charge is 0.338 e. The van der Waals surface area contributed by atoms with Crippen molar-refractivity contribution in [2.45, 2.75) is 13.8 Å². The van der Waals surface area contributed by atoms with Crippen LogP contribution in [0, 0.1) is 5.82 Å². The Morgan fingerprint density at radius 3 is 1.80 bits per heavy atom. The highest BCUT2D eigenvalue weighted by atomic mass is 19.1. The first-order valence-electron chi connectivity index (χ1n) is 7.43. The molecule has 2 aromatic rings. The second-order valence-corrected chi connectivity index (χ2v) is 5.51. The third kappa shape index (κ3) is 4.64. The molecule has 0 fully saturated rings. The average molecular weight is 340 g/mol. The van der Waals surface area contributed by atoms with Crippen molar-refractivity contribution in [2.75, 3.05) is 0 Å². The van der Waals surface area contributed by atoms with E-state index >= 15 is 0 Å². The molecule has 128 valence electrons. The quantitative estimate of drug-likeness (QED) is 0.458. The van der Waals surface area contributed by atoms with Crippen LogP contribution in [0.15, 0.2) is 66.8 Å². The van der Waals surface area contributed by atoms with Crippen LogP contribution in [-0.4, -0.2) is 11.9 Å². The predicted octanol–water partition coefficient (Wildman–Crippen LogP) is 4.46. The summed E-state index contributed by atoms with van der Waals surface area (Å²) in [6.07, 6.45) is 0. The lowest BCUT2D eigenvalue weighted by Gasteiger charge is -2.08. The molecule has 0 amide bonds. The fourth-order valence-electron chi connectivity index (χ4n) is 1.88. The Morgan fingerprint density at radius 1 is 0.840 bits per heavy atom. The molecule has 5 heteroatoms. The highest BCUT2D eigenvalue weighted by Crippen LogP contribution is 2.28. The van der Waals surface area contributed by atoms with Crippen molar-refractivity contribution in [1.29, 1.82) is 0 Å². The van der Waals surface area contributed by atoms with Crippen molar-refractivity contribution >= 4 is 11.9 Å². The maximum atomic E-state index is 14.3. The Balaban J connectivity index is 2.18. The Bertz CT molecular complexity index is 850. The van der Waals surface area contributed by atoms with Crippen LogP contribution in [0.3, 0.4) is 0 Å². The zero-order chi connectivity index (χ0) is 18.6. The van der Waals surface area contributed by atoms with E-state index in [0.717, 1.165) is 6.07 Å². The second-order valence-electron chi connectivity index (χ2n) is 5.51. The number of halogens is 1. The first-order chi connectivity index (χ1) is 11.8. The Labute approximate surface area is 145 Å². The number of benzene rings is 2. The van der Waals surface area contributed by atoms with Crippen molar-refractivity contribution in [3.63, 3.8) is 0 Å². The summed E-state index contributed by atoms with van der Waals surface area (Å²) in [6.45, 7) is 10.0. The van der Waals surface area contributed by atoms with Gasteiger partial charge >= 0.3 is 11.9 Å². The normalized spacial score (nSPS) is 10.0. The lowest BCUT2D eigenvalue weighted by molar-refractivity contribution is -0.130. The number of carbonyl (C=O) groups is 2. The van der Waals surface area contributed by atoms with Crippen LogP contribution >= 0.6 is 0 Å². The van der Waals surface area contributed by atoms with Gasteiger partial charge < -0.3 is 9.47 Å². The first kappa shape index (κ1) is 18.1. The molecule has 0 unspecified atom stereocenters. The van der Waals surface area contributed by atoms with Crippen molar-refractivity contribution in [1.82, 2.24) is 0 Å². The van der Waals surface area contributed by atoms with Gasteiger partial charge in [0, 0.05) is 22.8 Å². The summed E-state index contributed by atoms with van der Waals surface area (Å²) in [5.41, 5.74) is 1.43. The maximum absolute atomic E-state index is 14.3. The minimum atomic E-state index is -0.615. The van der Waals surface area contributed by atoms with E-state index in [4.69, 9.17) is 9.47 Å². The number of hydrogen-bond acceptors (Lipinski definition) is 4. The van der Waals surface area contributed by atoms with Crippen LogP contribution < -0.4 is 9.47 Å². The van der Waals surface area contributed by atoms with Gasteiger partial charge in [0.15, 0.2) is 0 Å². The molecule has 0 aliphatic carbocycles. The molecular formula is C20H17FO4. The second kappa shape index (κ2) is 7.57. The number of hydrogen-bond donors (Lipinski definition) is 0. The fourth-order valence-corrected chi connectivity index (χ4v) is 1.88. The van der Waals surface area contributed by atoms with Gasteiger partial charge in [-0.1, -0.05) is 25.3 Å². The third-order valence-corrected chi connectivity index (χ3v) is 3.22. The van der Waals surface area contributed by atoms with Crippen LogP contribution in [0.5, 0.6) is 11.5 Å². The van der Waals surface area contributed by atoms with Crippen LogP contribution in [0.1, 0.15) is 13.8 Å². The molecule has 0 bridgehead atoms. The predicted molar refractivity (Wildman–Crippen MR) is 92.7 cm³/mol. The monoisotopic (exact) mass is 340 g/mol. The summed E-state index contributed by atoms with van der Waals surface area (Å²) in [7, 11) is 0. The summed E-state index contributed by atoms with van der Waals surface area (Å²) >= 11 is 0. The molecule has 0 aliphatic heterocycles. The van der Waals surface area contributed by atoms with Gasteiger partial charge in [-0.3, -0.25) is 0 Å². The fraction of sp³-hybridized carbons (Fsp3) is 0.100. The van der Waals surface area contributed by atoms with Gasteiger partial charge in [0.25, 0.3) is 0 Å². The molecule has 0 radical (unpaired) electrons.